The minimum Gasteiger partial charge on any atom is -0.381 e. The number of anilines is 1. The third kappa shape index (κ3) is 3.42. The lowest BCUT2D eigenvalue weighted by Gasteiger charge is -2.32. The van der Waals surface area contributed by atoms with Crippen LogP contribution in [0.15, 0.2) is 10.7 Å². The molecule has 0 amide bonds. The molecule has 1 aliphatic heterocycles. The van der Waals surface area contributed by atoms with E-state index in [0.29, 0.717) is 6.04 Å². The molecule has 2 rings (SSSR count). The molecule has 1 aromatic heterocycles. The van der Waals surface area contributed by atoms with Gasteiger partial charge in [-0.15, -0.1) is 0 Å². The Morgan fingerprint density at radius 2 is 2.11 bits per heavy atom. The van der Waals surface area contributed by atoms with Crippen molar-refractivity contribution in [3.8, 4) is 0 Å². The van der Waals surface area contributed by atoms with Crippen LogP contribution in [0.5, 0.6) is 0 Å². The molecule has 0 saturated carbocycles. The lowest BCUT2D eigenvalue weighted by atomic mass is 10.1. The van der Waals surface area contributed by atoms with Crippen molar-refractivity contribution in [3.05, 3.63) is 16.5 Å². The molecular formula is C13H20BrN3O. The molecule has 2 heterocycles. The van der Waals surface area contributed by atoms with E-state index in [9.17, 15) is 0 Å². The largest absolute Gasteiger partial charge is 0.381 e. The van der Waals surface area contributed by atoms with Crippen LogP contribution < -0.4 is 4.90 Å². The molecule has 1 fully saturated rings. The Kier molecular flexibility index (Phi) is 4.95. The molecule has 0 spiro atoms. The van der Waals surface area contributed by atoms with Crippen LogP contribution in [0.3, 0.4) is 0 Å². The van der Waals surface area contributed by atoms with Gasteiger partial charge in [-0.05, 0) is 35.2 Å². The summed E-state index contributed by atoms with van der Waals surface area (Å²) in [5.41, 5.74) is 0. The van der Waals surface area contributed by atoms with Gasteiger partial charge in [-0.3, -0.25) is 0 Å². The van der Waals surface area contributed by atoms with Gasteiger partial charge >= 0.3 is 0 Å². The fraction of sp³-hybridized carbons (Fsp3) is 0.692. The number of hydrogen-bond donors (Lipinski definition) is 0. The summed E-state index contributed by atoms with van der Waals surface area (Å²) in [6.07, 6.45) is 4.13. The molecule has 0 atom stereocenters. The van der Waals surface area contributed by atoms with Crippen LogP contribution in [0, 0.1) is 0 Å². The molecule has 0 unspecified atom stereocenters. The fourth-order valence-electron chi connectivity index (χ4n) is 2.23. The van der Waals surface area contributed by atoms with Crippen molar-refractivity contribution in [2.75, 3.05) is 25.2 Å². The Hall–Kier alpha value is -0.680. The quantitative estimate of drug-likeness (QED) is 0.801. The number of aryl methyl sites for hydroxylation is 1. The number of ether oxygens (including phenoxy) is 1. The van der Waals surface area contributed by atoms with Crippen LogP contribution in [0.25, 0.3) is 0 Å². The third-order valence-corrected chi connectivity index (χ3v) is 3.71. The van der Waals surface area contributed by atoms with Gasteiger partial charge in [0.15, 0.2) is 0 Å². The van der Waals surface area contributed by atoms with Crippen molar-refractivity contribution < 1.29 is 4.74 Å². The van der Waals surface area contributed by atoms with Crippen molar-refractivity contribution >= 4 is 21.7 Å². The van der Waals surface area contributed by atoms with Gasteiger partial charge in [0, 0.05) is 38.8 Å². The van der Waals surface area contributed by atoms with Crippen LogP contribution >= 0.6 is 15.9 Å². The average molecular weight is 314 g/mol. The second-order valence-corrected chi connectivity index (χ2v) is 5.48. The van der Waals surface area contributed by atoms with Gasteiger partial charge in [0.25, 0.3) is 0 Å². The van der Waals surface area contributed by atoms with E-state index in [2.05, 4.69) is 44.8 Å². The van der Waals surface area contributed by atoms with Crippen LogP contribution in [0.4, 0.5) is 5.82 Å². The molecular weight excluding hydrogens is 294 g/mol. The summed E-state index contributed by atoms with van der Waals surface area (Å²) in [7, 11) is 2.11. The summed E-state index contributed by atoms with van der Waals surface area (Å²) >= 11 is 3.47. The molecule has 4 nitrogen and oxygen atoms in total. The van der Waals surface area contributed by atoms with Gasteiger partial charge < -0.3 is 9.64 Å². The van der Waals surface area contributed by atoms with Crippen molar-refractivity contribution in [2.24, 2.45) is 0 Å². The highest BCUT2D eigenvalue weighted by atomic mass is 79.9. The first-order valence-electron chi connectivity index (χ1n) is 6.54. The highest BCUT2D eigenvalue weighted by molar-refractivity contribution is 9.10. The third-order valence-electron chi connectivity index (χ3n) is 3.30. The monoisotopic (exact) mass is 313 g/mol. The van der Waals surface area contributed by atoms with E-state index in [4.69, 9.17) is 4.74 Å². The molecule has 0 radical (unpaired) electrons. The Morgan fingerprint density at radius 1 is 1.39 bits per heavy atom. The van der Waals surface area contributed by atoms with Crippen LogP contribution in [-0.4, -0.2) is 36.3 Å². The Bertz CT molecular complexity index is 394. The van der Waals surface area contributed by atoms with Gasteiger partial charge in [-0.2, -0.15) is 0 Å². The standard InChI is InChI=1S/C13H20BrN3O/c1-3-4-12-15-11(14)9-13(16-12)17(2)10-5-7-18-8-6-10/h9-10H,3-8H2,1-2H3. The maximum Gasteiger partial charge on any atom is 0.133 e. The molecule has 0 aromatic carbocycles. The molecule has 18 heavy (non-hydrogen) atoms. The van der Waals surface area contributed by atoms with Crippen molar-refractivity contribution in [3.63, 3.8) is 0 Å². The van der Waals surface area contributed by atoms with E-state index in [-0.39, 0.29) is 0 Å². The average Bonchev–Trinajstić information content (AvgIpc) is 2.38. The van der Waals surface area contributed by atoms with Gasteiger partial charge in [0.2, 0.25) is 0 Å². The van der Waals surface area contributed by atoms with Gasteiger partial charge in [0.1, 0.15) is 16.2 Å². The van der Waals surface area contributed by atoms with E-state index < -0.39 is 0 Å². The predicted octanol–water partition coefficient (Wildman–Crippen LogP) is 2.81. The zero-order chi connectivity index (χ0) is 13.0. The van der Waals surface area contributed by atoms with Crippen molar-refractivity contribution in [2.45, 2.75) is 38.6 Å². The van der Waals surface area contributed by atoms with Gasteiger partial charge in [-0.25, -0.2) is 9.97 Å². The van der Waals surface area contributed by atoms with Gasteiger partial charge in [-0.1, -0.05) is 6.92 Å². The summed E-state index contributed by atoms with van der Waals surface area (Å²) < 4.78 is 6.27. The second kappa shape index (κ2) is 6.48. The number of aromatic nitrogens is 2. The van der Waals surface area contributed by atoms with Crippen LogP contribution in [0.2, 0.25) is 0 Å². The second-order valence-electron chi connectivity index (χ2n) is 4.67. The topological polar surface area (TPSA) is 38.2 Å². The van der Waals surface area contributed by atoms with Gasteiger partial charge in [0.05, 0.1) is 0 Å². The molecule has 1 aromatic rings. The predicted molar refractivity (Wildman–Crippen MR) is 76.0 cm³/mol. The van der Waals surface area contributed by atoms with Crippen molar-refractivity contribution in [1.29, 1.82) is 0 Å². The van der Waals surface area contributed by atoms with E-state index in [1.165, 1.54) is 0 Å². The van der Waals surface area contributed by atoms with E-state index >= 15 is 0 Å². The number of halogens is 1. The van der Waals surface area contributed by atoms with E-state index in [1.807, 2.05) is 6.07 Å². The lowest BCUT2D eigenvalue weighted by Crippen LogP contribution is -2.37. The number of hydrogen-bond acceptors (Lipinski definition) is 4. The summed E-state index contributed by atoms with van der Waals surface area (Å²) in [6, 6.07) is 2.52. The molecule has 0 N–H and O–H groups in total. The first-order valence-corrected chi connectivity index (χ1v) is 7.34. The van der Waals surface area contributed by atoms with Crippen molar-refractivity contribution in [1.82, 2.24) is 9.97 Å². The van der Waals surface area contributed by atoms with Crippen LogP contribution in [0.1, 0.15) is 32.0 Å². The molecule has 0 aliphatic carbocycles. The molecule has 100 valence electrons. The minimum absolute atomic E-state index is 0.523. The first-order chi connectivity index (χ1) is 8.70. The summed E-state index contributed by atoms with van der Waals surface area (Å²) in [5, 5.41) is 0. The molecule has 0 bridgehead atoms. The summed E-state index contributed by atoms with van der Waals surface area (Å²) in [5.74, 6) is 1.92. The highest BCUT2D eigenvalue weighted by Crippen LogP contribution is 2.22. The molecule has 5 heteroatoms. The Morgan fingerprint density at radius 3 is 2.78 bits per heavy atom. The highest BCUT2D eigenvalue weighted by Gasteiger charge is 2.20. The Balaban J connectivity index is 2.15. The fourth-order valence-corrected chi connectivity index (χ4v) is 2.64. The first kappa shape index (κ1) is 13.7. The zero-order valence-electron chi connectivity index (χ0n) is 11.0. The Labute approximate surface area is 117 Å². The maximum absolute atomic E-state index is 5.40. The van der Waals surface area contributed by atoms with E-state index in [1.54, 1.807) is 0 Å². The van der Waals surface area contributed by atoms with E-state index in [0.717, 1.165) is 55.1 Å². The number of rotatable bonds is 4. The minimum atomic E-state index is 0.523. The SMILES string of the molecule is CCCc1nc(Br)cc(N(C)C2CCOCC2)n1. The molecule has 1 saturated heterocycles. The smallest absolute Gasteiger partial charge is 0.133 e. The number of nitrogens with zero attached hydrogens (tertiary/aromatic N) is 3. The molecule has 1 aliphatic rings. The summed E-state index contributed by atoms with van der Waals surface area (Å²) in [4.78, 5) is 11.3. The van der Waals surface area contributed by atoms with Crippen LogP contribution in [-0.2, 0) is 11.2 Å². The normalized spacial score (nSPS) is 16.8. The maximum atomic E-state index is 5.40. The summed E-state index contributed by atoms with van der Waals surface area (Å²) in [6.45, 7) is 3.85. The lowest BCUT2D eigenvalue weighted by molar-refractivity contribution is 0.0853. The zero-order valence-corrected chi connectivity index (χ0v) is 12.6.